The summed E-state index contributed by atoms with van der Waals surface area (Å²) in [5.74, 6) is 1.68. The first-order chi connectivity index (χ1) is 22.7. The zero-order valence-corrected chi connectivity index (χ0v) is 24.9. The largest absolute Gasteiger partial charge is 0.457 e. The molecule has 0 saturated carbocycles. The third-order valence-electron chi connectivity index (χ3n) is 9.69. The summed E-state index contributed by atoms with van der Waals surface area (Å²) >= 11 is 0. The molecular weight excluding hydrogens is 564 g/mol. The molecule has 3 N–H and O–H groups in total. The number of nitriles is 1. The molecule has 5 nitrogen and oxygen atoms in total. The number of nitrogens with zero attached hydrogens (tertiary/aromatic N) is 1. The minimum absolute atomic E-state index is 0.0584. The Morgan fingerprint density at radius 3 is 1.61 bits per heavy atom. The molecule has 220 valence electrons. The fourth-order valence-electron chi connectivity index (χ4n) is 7.68. The number of rotatable bonds is 3. The van der Waals surface area contributed by atoms with Crippen LogP contribution in [0.2, 0.25) is 0 Å². The van der Waals surface area contributed by atoms with Crippen molar-refractivity contribution < 1.29 is 4.74 Å². The average Bonchev–Trinajstić information content (AvgIpc) is 3.41. The van der Waals surface area contributed by atoms with Crippen molar-refractivity contribution in [2.75, 3.05) is 0 Å². The highest BCUT2D eigenvalue weighted by Gasteiger charge is 2.51. The summed E-state index contributed by atoms with van der Waals surface area (Å²) < 4.78 is 6.49. The third kappa shape index (κ3) is 3.99. The fraction of sp³-hybridized carbons (Fsp3) is 0.0976. The standard InChI is InChI=1S/C41H30N4O/c42-25-26-19-21-30-31-24-29(40-44-38(27-11-3-1-4-12-27)43-39(45-40)28-13-5-2-6-14-28)20-22-32(31)41(35(30)23-26)33-15-7-9-17-36(33)46-37-18-10-8-16-34(37)41/h1-24,38-40,43-45H. The van der Waals surface area contributed by atoms with Crippen LogP contribution in [-0.4, -0.2) is 0 Å². The van der Waals surface area contributed by atoms with Gasteiger partial charge in [-0.3, -0.25) is 16.0 Å². The van der Waals surface area contributed by atoms with Crippen molar-refractivity contribution in [1.82, 2.24) is 16.0 Å². The molecule has 2 unspecified atom stereocenters. The number of hydrogen-bond donors (Lipinski definition) is 3. The number of hydrogen-bond acceptors (Lipinski definition) is 5. The number of ether oxygens (including phenoxy) is 1. The quantitative estimate of drug-likeness (QED) is 0.192. The van der Waals surface area contributed by atoms with E-state index in [1.54, 1.807) is 0 Å². The number of para-hydroxylation sites is 2. The third-order valence-corrected chi connectivity index (χ3v) is 9.69. The summed E-state index contributed by atoms with van der Waals surface area (Å²) in [6.45, 7) is 0. The Bertz CT molecular complexity index is 2060. The first kappa shape index (κ1) is 26.9. The zero-order valence-electron chi connectivity index (χ0n) is 24.9. The fourth-order valence-corrected chi connectivity index (χ4v) is 7.68. The second kappa shape index (κ2) is 10.5. The Morgan fingerprint density at radius 1 is 0.478 bits per heavy atom. The molecule has 1 fully saturated rings. The van der Waals surface area contributed by atoms with Crippen LogP contribution in [0.4, 0.5) is 0 Å². The number of nitrogens with one attached hydrogen (secondary N) is 3. The lowest BCUT2D eigenvalue weighted by molar-refractivity contribution is 0.203. The van der Waals surface area contributed by atoms with Crippen LogP contribution >= 0.6 is 0 Å². The monoisotopic (exact) mass is 594 g/mol. The van der Waals surface area contributed by atoms with Crippen LogP contribution < -0.4 is 20.7 Å². The second-order valence-electron chi connectivity index (χ2n) is 12.1. The van der Waals surface area contributed by atoms with Crippen molar-refractivity contribution in [3.8, 4) is 28.7 Å². The van der Waals surface area contributed by atoms with E-state index in [9.17, 15) is 5.26 Å². The molecule has 0 radical (unpaired) electrons. The van der Waals surface area contributed by atoms with Gasteiger partial charge in [0.1, 0.15) is 11.5 Å². The Hall–Kier alpha value is -5.51. The summed E-state index contributed by atoms with van der Waals surface area (Å²) in [6, 6.07) is 53.1. The van der Waals surface area contributed by atoms with Gasteiger partial charge in [0.05, 0.1) is 35.5 Å². The first-order valence-electron chi connectivity index (χ1n) is 15.7. The van der Waals surface area contributed by atoms with E-state index in [1.165, 1.54) is 16.7 Å². The van der Waals surface area contributed by atoms with E-state index >= 15 is 0 Å². The van der Waals surface area contributed by atoms with Crippen LogP contribution in [0.25, 0.3) is 11.1 Å². The molecule has 2 heterocycles. The van der Waals surface area contributed by atoms with Gasteiger partial charge in [0.2, 0.25) is 0 Å². The van der Waals surface area contributed by atoms with Crippen LogP contribution in [0.15, 0.2) is 146 Å². The summed E-state index contributed by atoms with van der Waals surface area (Å²) in [5.41, 5.74) is 10.3. The molecule has 0 aromatic heterocycles. The molecule has 6 aromatic rings. The number of fused-ring (bicyclic) bond motifs is 9. The van der Waals surface area contributed by atoms with Crippen molar-refractivity contribution in [2.24, 2.45) is 0 Å². The molecule has 46 heavy (non-hydrogen) atoms. The van der Waals surface area contributed by atoms with Gasteiger partial charge in [0.25, 0.3) is 0 Å². The molecular formula is C41H30N4O. The van der Waals surface area contributed by atoms with Crippen LogP contribution in [0.5, 0.6) is 11.5 Å². The minimum Gasteiger partial charge on any atom is -0.457 e. The van der Waals surface area contributed by atoms with Gasteiger partial charge in [0, 0.05) is 11.1 Å². The van der Waals surface area contributed by atoms with Crippen molar-refractivity contribution in [3.63, 3.8) is 0 Å². The summed E-state index contributed by atoms with van der Waals surface area (Å²) in [5, 5.41) is 21.5. The molecule has 1 spiro atoms. The molecule has 0 amide bonds. The average molecular weight is 595 g/mol. The Balaban J connectivity index is 1.23. The van der Waals surface area contributed by atoms with Crippen molar-refractivity contribution >= 4 is 0 Å². The SMILES string of the molecule is N#Cc1ccc2c(c1)C1(c3ccccc3Oc3ccccc31)c1ccc(C3NC(c4ccccc4)NC(c4ccccc4)N3)cc1-2. The summed E-state index contributed by atoms with van der Waals surface area (Å²) in [4.78, 5) is 0. The maximum absolute atomic E-state index is 10.0. The maximum Gasteiger partial charge on any atom is 0.132 e. The van der Waals surface area contributed by atoms with Gasteiger partial charge < -0.3 is 4.74 Å². The van der Waals surface area contributed by atoms with Gasteiger partial charge in [-0.1, -0.05) is 115 Å². The predicted octanol–water partition coefficient (Wildman–Crippen LogP) is 8.21. The van der Waals surface area contributed by atoms with E-state index in [0.717, 1.165) is 44.9 Å². The van der Waals surface area contributed by atoms with Crippen molar-refractivity contribution in [3.05, 3.63) is 190 Å². The van der Waals surface area contributed by atoms with E-state index in [1.807, 2.05) is 30.3 Å². The topological polar surface area (TPSA) is 69.1 Å². The molecule has 1 saturated heterocycles. The number of benzene rings is 6. The lowest BCUT2D eigenvalue weighted by Gasteiger charge is -2.40. The lowest BCUT2D eigenvalue weighted by atomic mass is 9.66. The van der Waals surface area contributed by atoms with Gasteiger partial charge in [-0.05, 0) is 69.3 Å². The highest BCUT2D eigenvalue weighted by molar-refractivity contribution is 5.89. The van der Waals surface area contributed by atoms with Crippen molar-refractivity contribution in [1.29, 1.82) is 5.26 Å². The molecule has 1 aliphatic carbocycles. The van der Waals surface area contributed by atoms with Crippen LogP contribution in [-0.2, 0) is 5.41 Å². The van der Waals surface area contributed by atoms with Crippen molar-refractivity contribution in [2.45, 2.75) is 23.9 Å². The molecule has 2 atom stereocenters. The molecule has 9 rings (SSSR count). The molecule has 6 aromatic carbocycles. The van der Waals surface area contributed by atoms with E-state index < -0.39 is 5.41 Å². The molecule has 0 bridgehead atoms. The van der Waals surface area contributed by atoms with Crippen LogP contribution in [0, 0.1) is 11.3 Å². The molecule has 2 aliphatic heterocycles. The Kier molecular flexibility index (Phi) is 6.16. The second-order valence-corrected chi connectivity index (χ2v) is 12.1. The predicted molar refractivity (Wildman–Crippen MR) is 179 cm³/mol. The maximum atomic E-state index is 10.0. The normalized spacial score (nSPS) is 20.0. The molecule has 3 aliphatic rings. The van der Waals surface area contributed by atoms with E-state index in [-0.39, 0.29) is 18.5 Å². The summed E-state index contributed by atoms with van der Waals surface area (Å²) in [7, 11) is 0. The minimum atomic E-state index is -0.615. The van der Waals surface area contributed by atoms with E-state index in [4.69, 9.17) is 4.74 Å². The van der Waals surface area contributed by atoms with E-state index in [0.29, 0.717) is 5.56 Å². The lowest BCUT2D eigenvalue weighted by Crippen LogP contribution is -2.54. The smallest absolute Gasteiger partial charge is 0.132 e. The van der Waals surface area contributed by atoms with E-state index in [2.05, 4.69) is 137 Å². The van der Waals surface area contributed by atoms with Crippen LogP contribution in [0.3, 0.4) is 0 Å². The van der Waals surface area contributed by atoms with Gasteiger partial charge in [-0.15, -0.1) is 0 Å². The van der Waals surface area contributed by atoms with Crippen LogP contribution in [0.1, 0.15) is 63.0 Å². The highest BCUT2D eigenvalue weighted by atomic mass is 16.5. The summed E-state index contributed by atoms with van der Waals surface area (Å²) in [6.07, 6.45) is -0.247. The Morgan fingerprint density at radius 2 is 1.02 bits per heavy atom. The highest BCUT2D eigenvalue weighted by Crippen LogP contribution is 2.62. The first-order valence-corrected chi connectivity index (χ1v) is 15.7. The van der Waals surface area contributed by atoms with Gasteiger partial charge in [-0.25, -0.2) is 0 Å². The molecule has 5 heteroatoms. The zero-order chi connectivity index (χ0) is 30.7. The Labute approximate surface area is 268 Å². The van der Waals surface area contributed by atoms with Gasteiger partial charge >= 0.3 is 0 Å². The van der Waals surface area contributed by atoms with Gasteiger partial charge in [0.15, 0.2) is 0 Å². The van der Waals surface area contributed by atoms with Gasteiger partial charge in [-0.2, -0.15) is 5.26 Å².